The molecule has 110 valence electrons. The molecule has 3 aromatic rings. The molecule has 7 nitrogen and oxygen atoms in total. The summed E-state index contributed by atoms with van der Waals surface area (Å²) in [6.45, 7) is 1.41. The van der Waals surface area contributed by atoms with Crippen molar-refractivity contribution in [3.63, 3.8) is 0 Å². The standard InChI is InChI=1S/C15H12N4O3/c1-9(20)10-6-13(16-7-10)14(21)18-19-8-17-12-5-3-2-4-11(12)15(19)22/h2-8,16H,1H3,(H,18,21). The highest BCUT2D eigenvalue weighted by Gasteiger charge is 2.12. The summed E-state index contributed by atoms with van der Waals surface area (Å²) in [7, 11) is 0. The molecule has 0 spiro atoms. The minimum Gasteiger partial charge on any atom is -0.356 e. The van der Waals surface area contributed by atoms with E-state index in [0.29, 0.717) is 16.5 Å². The first kappa shape index (κ1) is 13.7. The van der Waals surface area contributed by atoms with Crippen LogP contribution in [0.15, 0.2) is 47.7 Å². The Morgan fingerprint density at radius 1 is 1.27 bits per heavy atom. The molecule has 2 N–H and O–H groups in total. The van der Waals surface area contributed by atoms with Crippen LogP contribution >= 0.6 is 0 Å². The second-order valence-electron chi connectivity index (χ2n) is 4.74. The molecule has 1 aromatic carbocycles. The molecule has 0 aliphatic carbocycles. The molecule has 7 heteroatoms. The van der Waals surface area contributed by atoms with Crippen LogP contribution in [0.3, 0.4) is 0 Å². The van der Waals surface area contributed by atoms with E-state index in [1.54, 1.807) is 24.3 Å². The number of amides is 1. The van der Waals surface area contributed by atoms with E-state index in [1.165, 1.54) is 25.5 Å². The first-order valence-electron chi connectivity index (χ1n) is 6.53. The maximum atomic E-state index is 12.3. The molecule has 0 aliphatic heterocycles. The lowest BCUT2D eigenvalue weighted by atomic mass is 10.2. The van der Waals surface area contributed by atoms with Crippen LogP contribution in [-0.2, 0) is 0 Å². The van der Waals surface area contributed by atoms with Gasteiger partial charge in [-0.2, -0.15) is 0 Å². The summed E-state index contributed by atoms with van der Waals surface area (Å²) in [6.07, 6.45) is 2.69. The predicted molar refractivity (Wildman–Crippen MR) is 80.5 cm³/mol. The van der Waals surface area contributed by atoms with Crippen LogP contribution in [-0.4, -0.2) is 26.3 Å². The van der Waals surface area contributed by atoms with E-state index in [-0.39, 0.29) is 17.0 Å². The normalized spacial score (nSPS) is 10.6. The summed E-state index contributed by atoms with van der Waals surface area (Å²) in [5, 5.41) is 0.404. The Bertz CT molecular complexity index is 939. The number of aromatic nitrogens is 3. The van der Waals surface area contributed by atoms with Crippen molar-refractivity contribution < 1.29 is 9.59 Å². The number of H-pyrrole nitrogens is 1. The van der Waals surface area contributed by atoms with Gasteiger partial charge in [-0.1, -0.05) is 12.1 Å². The maximum absolute atomic E-state index is 12.3. The number of fused-ring (bicyclic) bond motifs is 1. The third-order valence-corrected chi connectivity index (χ3v) is 3.22. The lowest BCUT2D eigenvalue weighted by Crippen LogP contribution is -2.33. The number of carbonyl (C=O) groups is 2. The van der Waals surface area contributed by atoms with Gasteiger partial charge in [0.05, 0.1) is 10.9 Å². The Balaban J connectivity index is 1.92. The highest BCUT2D eigenvalue weighted by molar-refractivity contribution is 6.02. The van der Waals surface area contributed by atoms with E-state index in [4.69, 9.17) is 0 Å². The number of hydrogen-bond donors (Lipinski definition) is 2. The summed E-state index contributed by atoms with van der Waals surface area (Å²) in [5.74, 6) is -0.688. The van der Waals surface area contributed by atoms with E-state index in [2.05, 4.69) is 15.4 Å². The fourth-order valence-corrected chi connectivity index (χ4v) is 2.05. The summed E-state index contributed by atoms with van der Waals surface area (Å²) in [5.41, 5.74) is 3.19. The fourth-order valence-electron chi connectivity index (χ4n) is 2.05. The van der Waals surface area contributed by atoms with E-state index >= 15 is 0 Å². The Hall–Kier alpha value is -3.22. The van der Waals surface area contributed by atoms with Crippen LogP contribution in [0.4, 0.5) is 0 Å². The van der Waals surface area contributed by atoms with Crippen molar-refractivity contribution in [2.45, 2.75) is 6.92 Å². The minimum absolute atomic E-state index is 0.153. The molecule has 0 unspecified atom stereocenters. The molecule has 3 rings (SSSR count). The van der Waals surface area contributed by atoms with Gasteiger partial charge in [-0.15, -0.1) is 0 Å². The van der Waals surface area contributed by atoms with Gasteiger partial charge >= 0.3 is 0 Å². The van der Waals surface area contributed by atoms with E-state index in [9.17, 15) is 14.4 Å². The monoisotopic (exact) mass is 296 g/mol. The average Bonchev–Trinajstić information content (AvgIpc) is 3.00. The Kier molecular flexibility index (Phi) is 3.30. The van der Waals surface area contributed by atoms with Crippen LogP contribution in [0.2, 0.25) is 0 Å². The molecule has 0 aliphatic rings. The molecule has 0 saturated carbocycles. The largest absolute Gasteiger partial charge is 0.356 e. The number of nitrogens with zero attached hydrogens (tertiary/aromatic N) is 2. The lowest BCUT2D eigenvalue weighted by molar-refractivity contribution is 0.100. The Labute approximate surface area is 124 Å². The van der Waals surface area contributed by atoms with Crippen molar-refractivity contribution in [1.29, 1.82) is 0 Å². The highest BCUT2D eigenvalue weighted by atomic mass is 16.2. The van der Waals surface area contributed by atoms with Crippen LogP contribution in [0.1, 0.15) is 27.8 Å². The topological polar surface area (TPSA) is 96.8 Å². The van der Waals surface area contributed by atoms with Gasteiger partial charge in [-0.3, -0.25) is 19.8 Å². The summed E-state index contributed by atoms with van der Waals surface area (Å²) in [6, 6.07) is 8.28. The summed E-state index contributed by atoms with van der Waals surface area (Å²) in [4.78, 5) is 42.4. The van der Waals surface area contributed by atoms with Gasteiger partial charge in [0.15, 0.2) is 5.78 Å². The smallest absolute Gasteiger partial charge is 0.286 e. The van der Waals surface area contributed by atoms with E-state index < -0.39 is 5.91 Å². The zero-order chi connectivity index (χ0) is 15.7. The van der Waals surface area contributed by atoms with Gasteiger partial charge in [0.1, 0.15) is 12.0 Å². The number of rotatable bonds is 3. The molecular weight excluding hydrogens is 284 g/mol. The molecule has 0 fully saturated rings. The van der Waals surface area contributed by atoms with E-state index in [1.807, 2.05) is 0 Å². The second kappa shape index (κ2) is 5.28. The number of hydrogen-bond acceptors (Lipinski definition) is 4. The molecule has 1 amide bonds. The predicted octanol–water partition coefficient (Wildman–Crippen LogP) is 1.31. The molecule has 0 atom stereocenters. The number of Topliss-reactive ketones (excluding diaryl/α,β-unsaturated/α-hetero) is 1. The fraction of sp³-hybridized carbons (Fsp3) is 0.0667. The number of aromatic amines is 1. The van der Waals surface area contributed by atoms with Gasteiger partial charge in [0, 0.05) is 11.8 Å². The third-order valence-electron chi connectivity index (χ3n) is 3.22. The lowest BCUT2D eigenvalue weighted by Gasteiger charge is -2.07. The number of para-hydroxylation sites is 1. The van der Waals surface area contributed by atoms with Crippen molar-refractivity contribution in [2.75, 3.05) is 5.43 Å². The number of benzene rings is 1. The zero-order valence-electron chi connectivity index (χ0n) is 11.7. The minimum atomic E-state index is -0.535. The van der Waals surface area contributed by atoms with Gasteiger partial charge < -0.3 is 4.98 Å². The van der Waals surface area contributed by atoms with Gasteiger partial charge in [0.2, 0.25) is 0 Å². The van der Waals surface area contributed by atoms with E-state index in [0.717, 1.165) is 4.68 Å². The molecule has 2 heterocycles. The average molecular weight is 296 g/mol. The third kappa shape index (κ3) is 2.39. The Morgan fingerprint density at radius 3 is 2.77 bits per heavy atom. The summed E-state index contributed by atoms with van der Waals surface area (Å²) < 4.78 is 1.01. The van der Waals surface area contributed by atoms with Crippen LogP contribution in [0.25, 0.3) is 10.9 Å². The van der Waals surface area contributed by atoms with Crippen molar-refractivity contribution in [2.24, 2.45) is 0 Å². The van der Waals surface area contributed by atoms with Crippen LogP contribution in [0.5, 0.6) is 0 Å². The number of nitrogens with one attached hydrogen (secondary N) is 2. The Morgan fingerprint density at radius 2 is 2.05 bits per heavy atom. The molecular formula is C15H12N4O3. The molecule has 0 bridgehead atoms. The zero-order valence-corrected chi connectivity index (χ0v) is 11.7. The van der Waals surface area contributed by atoms with Gasteiger partial charge in [-0.25, -0.2) is 9.66 Å². The van der Waals surface area contributed by atoms with Gasteiger partial charge in [0.25, 0.3) is 11.5 Å². The summed E-state index contributed by atoms with van der Waals surface area (Å²) >= 11 is 0. The van der Waals surface area contributed by atoms with Crippen LogP contribution in [0, 0.1) is 0 Å². The first-order chi connectivity index (χ1) is 10.6. The number of ketones is 1. The second-order valence-corrected chi connectivity index (χ2v) is 4.74. The van der Waals surface area contributed by atoms with Crippen LogP contribution < -0.4 is 11.0 Å². The van der Waals surface area contributed by atoms with Gasteiger partial charge in [-0.05, 0) is 25.1 Å². The molecule has 2 aromatic heterocycles. The quantitative estimate of drug-likeness (QED) is 0.712. The van der Waals surface area contributed by atoms with Crippen molar-refractivity contribution in [3.8, 4) is 0 Å². The molecule has 22 heavy (non-hydrogen) atoms. The SMILES string of the molecule is CC(=O)c1c[nH]c(C(=O)Nn2cnc3ccccc3c2=O)c1. The van der Waals surface area contributed by atoms with Crippen molar-refractivity contribution in [1.82, 2.24) is 14.6 Å². The highest BCUT2D eigenvalue weighted by Crippen LogP contribution is 2.06. The first-order valence-corrected chi connectivity index (χ1v) is 6.53. The molecule has 0 saturated heterocycles. The van der Waals surface area contributed by atoms with Crippen molar-refractivity contribution in [3.05, 3.63) is 64.5 Å². The van der Waals surface area contributed by atoms with Crippen molar-refractivity contribution >= 4 is 22.6 Å². The molecule has 0 radical (unpaired) electrons. The number of carbonyl (C=O) groups excluding carboxylic acids is 2. The maximum Gasteiger partial charge on any atom is 0.286 e.